The summed E-state index contributed by atoms with van der Waals surface area (Å²) < 4.78 is 26.3. The van der Waals surface area contributed by atoms with Gasteiger partial charge in [-0.25, -0.2) is 18.2 Å². The van der Waals surface area contributed by atoms with Gasteiger partial charge in [-0.2, -0.15) is 4.31 Å². The Labute approximate surface area is 141 Å². The molecule has 9 heteroatoms. The van der Waals surface area contributed by atoms with Crippen molar-refractivity contribution in [2.24, 2.45) is 0 Å². The Hall–Kier alpha value is -2.13. The van der Waals surface area contributed by atoms with Crippen molar-refractivity contribution in [2.45, 2.75) is 6.42 Å². The number of carbonyl (C=O) groups is 1. The summed E-state index contributed by atoms with van der Waals surface area (Å²) >= 11 is 0. The lowest BCUT2D eigenvalue weighted by atomic mass is 10.3. The number of hydrogen-bond acceptors (Lipinski definition) is 4. The molecule has 0 aliphatic carbocycles. The minimum atomic E-state index is -3.18. The number of urea groups is 1. The zero-order valence-corrected chi connectivity index (χ0v) is 14.4. The Balaban J connectivity index is 1.46. The van der Waals surface area contributed by atoms with Gasteiger partial charge in [-0.15, -0.1) is 0 Å². The number of nitrogens with one attached hydrogen (secondary N) is 1. The summed E-state index contributed by atoms with van der Waals surface area (Å²) in [5.74, 6) is 0. The number of rotatable bonds is 4. The predicted octanol–water partition coefficient (Wildman–Crippen LogP) is 0.164. The van der Waals surface area contributed by atoms with Crippen LogP contribution in [-0.4, -0.2) is 72.0 Å². The fourth-order valence-corrected chi connectivity index (χ4v) is 3.57. The standard InChI is InChI=1S/C15H21N5O3S/c1-24(22,23)20-10-8-18(9-11-20)15(21)16-6-5-13-12-19-7-3-2-4-14(19)17-13/h2-4,7,12H,5-6,8-11H2,1H3,(H,16,21). The molecule has 2 amide bonds. The topological polar surface area (TPSA) is 87.0 Å². The van der Waals surface area contributed by atoms with Gasteiger partial charge in [0, 0.05) is 51.5 Å². The summed E-state index contributed by atoms with van der Waals surface area (Å²) in [4.78, 5) is 18.3. The maximum absolute atomic E-state index is 12.1. The fraction of sp³-hybridized carbons (Fsp3) is 0.467. The lowest BCUT2D eigenvalue weighted by Crippen LogP contribution is -2.53. The van der Waals surface area contributed by atoms with E-state index in [9.17, 15) is 13.2 Å². The summed E-state index contributed by atoms with van der Waals surface area (Å²) in [6.45, 7) is 2.01. The minimum absolute atomic E-state index is 0.160. The van der Waals surface area contributed by atoms with Crippen LogP contribution in [0.3, 0.4) is 0 Å². The molecule has 0 radical (unpaired) electrons. The van der Waals surface area contributed by atoms with Crippen LogP contribution < -0.4 is 5.32 Å². The average Bonchev–Trinajstić information content (AvgIpc) is 2.96. The van der Waals surface area contributed by atoms with Gasteiger partial charge in [0.25, 0.3) is 0 Å². The molecule has 1 fully saturated rings. The molecule has 1 N–H and O–H groups in total. The highest BCUT2D eigenvalue weighted by molar-refractivity contribution is 7.88. The number of nitrogens with zero attached hydrogens (tertiary/aromatic N) is 4. The van der Waals surface area contributed by atoms with Crippen LogP contribution in [0.5, 0.6) is 0 Å². The highest BCUT2D eigenvalue weighted by atomic mass is 32.2. The van der Waals surface area contributed by atoms with Crippen molar-refractivity contribution in [1.82, 2.24) is 23.9 Å². The number of hydrogen-bond donors (Lipinski definition) is 1. The molecule has 1 saturated heterocycles. The Morgan fingerprint density at radius 1 is 1.25 bits per heavy atom. The zero-order chi connectivity index (χ0) is 17.2. The quantitative estimate of drug-likeness (QED) is 0.850. The third-order valence-corrected chi connectivity index (χ3v) is 5.37. The van der Waals surface area contributed by atoms with E-state index in [1.54, 1.807) is 4.90 Å². The molecule has 0 spiro atoms. The summed E-state index contributed by atoms with van der Waals surface area (Å²) in [5, 5.41) is 2.87. The second-order valence-electron chi connectivity index (χ2n) is 5.83. The Morgan fingerprint density at radius 3 is 2.67 bits per heavy atom. The van der Waals surface area contributed by atoms with Gasteiger partial charge in [-0.3, -0.25) is 0 Å². The molecule has 2 aromatic rings. The molecule has 1 aliphatic rings. The monoisotopic (exact) mass is 351 g/mol. The van der Waals surface area contributed by atoms with Crippen molar-refractivity contribution < 1.29 is 13.2 Å². The van der Waals surface area contributed by atoms with Gasteiger partial charge < -0.3 is 14.6 Å². The molecule has 1 aliphatic heterocycles. The number of pyridine rings is 1. The smallest absolute Gasteiger partial charge is 0.317 e. The van der Waals surface area contributed by atoms with E-state index in [4.69, 9.17) is 0 Å². The van der Waals surface area contributed by atoms with Crippen LogP contribution in [0.4, 0.5) is 4.79 Å². The van der Waals surface area contributed by atoms with Gasteiger partial charge in [0.2, 0.25) is 10.0 Å². The van der Waals surface area contributed by atoms with E-state index in [0.717, 1.165) is 11.3 Å². The Kier molecular flexibility index (Phi) is 4.72. The predicted molar refractivity (Wildman–Crippen MR) is 90.3 cm³/mol. The largest absolute Gasteiger partial charge is 0.338 e. The molecule has 24 heavy (non-hydrogen) atoms. The number of carbonyl (C=O) groups excluding carboxylic acids is 1. The summed E-state index contributed by atoms with van der Waals surface area (Å²) in [6, 6.07) is 5.65. The van der Waals surface area contributed by atoms with Crippen LogP contribution in [-0.2, 0) is 16.4 Å². The van der Waals surface area contributed by atoms with Crippen LogP contribution in [0, 0.1) is 0 Å². The Morgan fingerprint density at radius 2 is 2.00 bits per heavy atom. The van der Waals surface area contributed by atoms with Gasteiger partial charge in [0.15, 0.2) is 0 Å². The molecule has 3 heterocycles. The van der Waals surface area contributed by atoms with Gasteiger partial charge in [0.1, 0.15) is 5.65 Å². The molecular formula is C15H21N5O3S. The molecule has 2 aromatic heterocycles. The first-order valence-corrected chi connectivity index (χ1v) is 9.69. The van der Waals surface area contributed by atoms with Crippen molar-refractivity contribution in [2.75, 3.05) is 39.0 Å². The highest BCUT2D eigenvalue weighted by Gasteiger charge is 2.25. The second kappa shape index (κ2) is 6.78. The van der Waals surface area contributed by atoms with Crippen LogP contribution in [0.25, 0.3) is 5.65 Å². The van der Waals surface area contributed by atoms with Gasteiger partial charge in [-0.05, 0) is 12.1 Å². The van der Waals surface area contributed by atoms with Crippen molar-refractivity contribution >= 4 is 21.7 Å². The number of piperazine rings is 1. The summed E-state index contributed by atoms with van der Waals surface area (Å²) in [6.07, 6.45) is 5.73. The highest BCUT2D eigenvalue weighted by Crippen LogP contribution is 2.07. The van der Waals surface area contributed by atoms with Crippen molar-refractivity contribution in [3.63, 3.8) is 0 Å². The van der Waals surface area contributed by atoms with E-state index in [2.05, 4.69) is 10.3 Å². The van der Waals surface area contributed by atoms with E-state index < -0.39 is 10.0 Å². The average molecular weight is 351 g/mol. The molecule has 0 aromatic carbocycles. The van der Waals surface area contributed by atoms with Gasteiger partial charge in [-0.1, -0.05) is 6.07 Å². The fourth-order valence-electron chi connectivity index (χ4n) is 2.74. The number of fused-ring (bicyclic) bond motifs is 1. The van der Waals surface area contributed by atoms with Crippen molar-refractivity contribution in [3.8, 4) is 0 Å². The summed E-state index contributed by atoms with van der Waals surface area (Å²) in [5.41, 5.74) is 1.80. The van der Waals surface area contributed by atoms with Crippen molar-refractivity contribution in [1.29, 1.82) is 0 Å². The van der Waals surface area contributed by atoms with Crippen LogP contribution >= 0.6 is 0 Å². The first-order valence-electron chi connectivity index (χ1n) is 7.84. The lowest BCUT2D eigenvalue weighted by molar-refractivity contribution is 0.172. The first-order chi connectivity index (χ1) is 11.4. The molecule has 0 saturated carbocycles. The van der Waals surface area contributed by atoms with E-state index in [1.807, 2.05) is 35.0 Å². The molecule has 130 valence electrons. The van der Waals surface area contributed by atoms with Crippen molar-refractivity contribution in [3.05, 3.63) is 36.3 Å². The van der Waals surface area contributed by atoms with Crippen LogP contribution in [0.1, 0.15) is 5.69 Å². The SMILES string of the molecule is CS(=O)(=O)N1CCN(C(=O)NCCc2cn3ccccc3n2)CC1. The normalized spacial score (nSPS) is 16.5. The third-order valence-electron chi connectivity index (χ3n) is 4.07. The molecule has 8 nitrogen and oxygen atoms in total. The van der Waals surface area contributed by atoms with E-state index in [-0.39, 0.29) is 6.03 Å². The number of amides is 2. The maximum Gasteiger partial charge on any atom is 0.317 e. The van der Waals surface area contributed by atoms with Gasteiger partial charge >= 0.3 is 6.03 Å². The second-order valence-corrected chi connectivity index (χ2v) is 7.81. The number of aromatic nitrogens is 2. The molecule has 3 rings (SSSR count). The zero-order valence-electron chi connectivity index (χ0n) is 13.6. The van der Waals surface area contributed by atoms with Crippen LogP contribution in [0.2, 0.25) is 0 Å². The minimum Gasteiger partial charge on any atom is -0.338 e. The van der Waals surface area contributed by atoms with E-state index in [0.29, 0.717) is 39.1 Å². The van der Waals surface area contributed by atoms with Gasteiger partial charge in [0.05, 0.1) is 11.9 Å². The van der Waals surface area contributed by atoms with Crippen LogP contribution in [0.15, 0.2) is 30.6 Å². The van der Waals surface area contributed by atoms with E-state index in [1.165, 1.54) is 10.6 Å². The summed E-state index contributed by atoms with van der Waals surface area (Å²) in [7, 11) is -3.18. The number of imidazole rings is 1. The maximum atomic E-state index is 12.1. The molecule has 0 bridgehead atoms. The van der Waals surface area contributed by atoms with E-state index >= 15 is 0 Å². The number of sulfonamides is 1. The molecule has 0 atom stereocenters. The molecular weight excluding hydrogens is 330 g/mol. The lowest BCUT2D eigenvalue weighted by Gasteiger charge is -2.33. The Bertz CT molecular complexity index is 792. The third kappa shape index (κ3) is 3.85. The molecule has 0 unspecified atom stereocenters. The first kappa shape index (κ1) is 16.7.